The van der Waals surface area contributed by atoms with Crippen LogP contribution in [0.25, 0.3) is 0 Å². The average Bonchev–Trinajstić information content (AvgIpc) is 2.37. The summed E-state index contributed by atoms with van der Waals surface area (Å²) in [6.45, 7) is 1.43. The number of nitrogens with one attached hydrogen (secondary N) is 1. The molecule has 0 radical (unpaired) electrons. The highest BCUT2D eigenvalue weighted by atomic mass is 35.5. The topological polar surface area (TPSA) is 70.4 Å². The Morgan fingerprint density at radius 1 is 1.42 bits per heavy atom. The molecule has 0 amide bonds. The molecule has 2 N–H and O–H groups in total. The number of esters is 1. The van der Waals surface area contributed by atoms with E-state index in [4.69, 9.17) is 17.0 Å². The zero-order valence-corrected chi connectivity index (χ0v) is 12.1. The highest BCUT2D eigenvalue weighted by Crippen LogP contribution is 2.23. The SMILES string of the molecule is COC(=O)/C(C(C)=N)=C(/O)CSc1ccc(Cl)cc1. The second-order valence-electron chi connectivity index (χ2n) is 3.68. The van der Waals surface area contributed by atoms with E-state index in [9.17, 15) is 9.90 Å². The van der Waals surface area contributed by atoms with Gasteiger partial charge in [-0.25, -0.2) is 4.79 Å². The van der Waals surface area contributed by atoms with Gasteiger partial charge in [0.1, 0.15) is 11.3 Å². The number of methoxy groups -OCH3 is 1. The van der Waals surface area contributed by atoms with E-state index in [1.54, 1.807) is 12.1 Å². The third-order valence-electron chi connectivity index (χ3n) is 2.24. The van der Waals surface area contributed by atoms with Crippen LogP contribution in [-0.4, -0.2) is 29.7 Å². The summed E-state index contributed by atoms with van der Waals surface area (Å²) in [5.41, 5.74) is -0.120. The summed E-state index contributed by atoms with van der Waals surface area (Å²) in [6, 6.07) is 7.12. The molecule has 0 aromatic heterocycles. The van der Waals surface area contributed by atoms with Crippen molar-refractivity contribution in [1.82, 2.24) is 0 Å². The van der Waals surface area contributed by atoms with Crippen molar-refractivity contribution in [3.8, 4) is 0 Å². The Kier molecular flexibility index (Phi) is 5.92. The van der Waals surface area contributed by atoms with E-state index in [1.807, 2.05) is 12.1 Å². The highest BCUT2D eigenvalue weighted by Gasteiger charge is 2.18. The monoisotopic (exact) mass is 299 g/mol. The fourth-order valence-corrected chi connectivity index (χ4v) is 2.25. The van der Waals surface area contributed by atoms with Crippen LogP contribution in [0.4, 0.5) is 0 Å². The van der Waals surface area contributed by atoms with Crippen LogP contribution in [0.3, 0.4) is 0 Å². The number of carbonyl (C=O) groups is 1. The molecule has 6 heteroatoms. The normalized spacial score (nSPS) is 11.7. The predicted octanol–water partition coefficient (Wildman–Crippen LogP) is 3.46. The Balaban J connectivity index is 2.81. The molecule has 0 spiro atoms. The van der Waals surface area contributed by atoms with E-state index in [0.717, 1.165) is 4.90 Å². The van der Waals surface area contributed by atoms with Crippen molar-refractivity contribution in [3.05, 3.63) is 40.6 Å². The molecule has 0 fully saturated rings. The molecule has 0 saturated carbocycles. The van der Waals surface area contributed by atoms with E-state index < -0.39 is 5.97 Å². The molecule has 0 unspecified atom stereocenters. The lowest BCUT2D eigenvalue weighted by molar-refractivity contribution is -0.135. The molecule has 102 valence electrons. The van der Waals surface area contributed by atoms with Gasteiger partial charge in [-0.15, -0.1) is 11.8 Å². The number of hydrogen-bond acceptors (Lipinski definition) is 5. The van der Waals surface area contributed by atoms with Gasteiger partial charge in [0.25, 0.3) is 0 Å². The molecule has 0 aliphatic carbocycles. The molecule has 4 nitrogen and oxygen atoms in total. The summed E-state index contributed by atoms with van der Waals surface area (Å²) in [4.78, 5) is 12.3. The molecule has 0 bridgehead atoms. The number of ether oxygens (including phenoxy) is 1. The second kappa shape index (κ2) is 7.21. The Morgan fingerprint density at radius 2 is 2.00 bits per heavy atom. The number of aliphatic hydroxyl groups is 1. The van der Waals surface area contributed by atoms with E-state index in [0.29, 0.717) is 5.02 Å². The third kappa shape index (κ3) is 4.61. The third-order valence-corrected chi connectivity index (χ3v) is 3.52. The van der Waals surface area contributed by atoms with Gasteiger partial charge in [0.05, 0.1) is 12.9 Å². The van der Waals surface area contributed by atoms with Gasteiger partial charge in [0, 0.05) is 15.6 Å². The van der Waals surface area contributed by atoms with Crippen LogP contribution in [0.2, 0.25) is 5.02 Å². The summed E-state index contributed by atoms with van der Waals surface area (Å²) in [6.07, 6.45) is 0. The molecular weight excluding hydrogens is 286 g/mol. The van der Waals surface area contributed by atoms with Gasteiger partial charge in [-0.05, 0) is 31.2 Å². The van der Waals surface area contributed by atoms with Gasteiger partial charge < -0.3 is 15.3 Å². The lowest BCUT2D eigenvalue weighted by Crippen LogP contribution is -2.15. The van der Waals surface area contributed by atoms with E-state index in [-0.39, 0.29) is 22.8 Å². The van der Waals surface area contributed by atoms with E-state index in [2.05, 4.69) is 4.74 Å². The zero-order chi connectivity index (χ0) is 14.4. The molecule has 0 saturated heterocycles. The number of benzene rings is 1. The average molecular weight is 300 g/mol. The Hall–Kier alpha value is -1.46. The van der Waals surface area contributed by atoms with Crippen LogP contribution in [-0.2, 0) is 9.53 Å². The maximum Gasteiger partial charge on any atom is 0.343 e. The summed E-state index contributed by atoms with van der Waals surface area (Å²) in [7, 11) is 1.21. The molecule has 0 aliphatic heterocycles. The van der Waals surface area contributed by atoms with Crippen molar-refractivity contribution in [3.63, 3.8) is 0 Å². The summed E-state index contributed by atoms with van der Waals surface area (Å²) in [5.74, 6) is -0.691. The Bertz CT molecular complexity index is 511. The van der Waals surface area contributed by atoms with Crippen LogP contribution in [0.15, 0.2) is 40.5 Å². The number of carbonyl (C=O) groups excluding carboxylic acids is 1. The lowest BCUT2D eigenvalue weighted by Gasteiger charge is -2.07. The first kappa shape index (κ1) is 15.6. The maximum atomic E-state index is 11.4. The molecule has 19 heavy (non-hydrogen) atoms. The number of aliphatic hydroxyl groups excluding tert-OH is 1. The van der Waals surface area contributed by atoms with Gasteiger partial charge >= 0.3 is 5.97 Å². The number of halogens is 1. The largest absolute Gasteiger partial charge is 0.510 e. The number of rotatable bonds is 5. The highest BCUT2D eigenvalue weighted by molar-refractivity contribution is 7.99. The Labute approximate surface area is 120 Å². The predicted molar refractivity (Wildman–Crippen MR) is 77.2 cm³/mol. The van der Waals surface area contributed by atoms with Crippen molar-refractivity contribution >= 4 is 35.0 Å². The number of hydrogen-bond donors (Lipinski definition) is 2. The maximum absolute atomic E-state index is 11.4. The lowest BCUT2D eigenvalue weighted by atomic mass is 10.1. The molecule has 1 rings (SSSR count). The first-order chi connectivity index (χ1) is 8.95. The van der Waals surface area contributed by atoms with Gasteiger partial charge in [0.15, 0.2) is 0 Å². The molecule has 0 aliphatic rings. The van der Waals surface area contributed by atoms with Gasteiger partial charge in [0.2, 0.25) is 0 Å². The first-order valence-electron chi connectivity index (χ1n) is 5.40. The van der Waals surface area contributed by atoms with Crippen LogP contribution >= 0.6 is 23.4 Å². The van der Waals surface area contributed by atoms with Crippen molar-refractivity contribution in [2.45, 2.75) is 11.8 Å². The standard InChI is InChI=1S/C13H14ClNO3S/c1-8(15)12(13(17)18-2)11(16)7-19-10-5-3-9(14)4-6-10/h3-6,15-16H,7H2,1-2H3/b12-11+,15-8?. The fraction of sp³-hybridized carbons (Fsp3) is 0.231. The second-order valence-corrected chi connectivity index (χ2v) is 5.17. The molecule has 1 aromatic rings. The van der Waals surface area contributed by atoms with Crippen LogP contribution in [0.5, 0.6) is 0 Å². The Morgan fingerprint density at radius 3 is 2.47 bits per heavy atom. The number of thioether (sulfide) groups is 1. The minimum atomic E-state index is -0.707. The molecule has 0 atom stereocenters. The zero-order valence-electron chi connectivity index (χ0n) is 10.6. The first-order valence-corrected chi connectivity index (χ1v) is 6.76. The van der Waals surface area contributed by atoms with E-state index >= 15 is 0 Å². The van der Waals surface area contributed by atoms with Crippen molar-refractivity contribution in [2.24, 2.45) is 0 Å². The van der Waals surface area contributed by atoms with Crippen molar-refractivity contribution < 1.29 is 14.6 Å². The summed E-state index contributed by atoms with van der Waals surface area (Å²) < 4.78 is 4.54. The van der Waals surface area contributed by atoms with Crippen LogP contribution in [0.1, 0.15) is 6.92 Å². The minimum Gasteiger partial charge on any atom is -0.510 e. The summed E-state index contributed by atoms with van der Waals surface area (Å²) in [5, 5.41) is 18.0. The molecular formula is C13H14ClNO3S. The smallest absolute Gasteiger partial charge is 0.343 e. The summed E-state index contributed by atoms with van der Waals surface area (Å²) >= 11 is 7.11. The van der Waals surface area contributed by atoms with Crippen molar-refractivity contribution in [2.75, 3.05) is 12.9 Å². The van der Waals surface area contributed by atoms with E-state index in [1.165, 1.54) is 25.8 Å². The van der Waals surface area contributed by atoms with Gasteiger partial charge in [-0.3, -0.25) is 0 Å². The van der Waals surface area contributed by atoms with Crippen LogP contribution < -0.4 is 0 Å². The molecule has 0 heterocycles. The minimum absolute atomic E-state index is 0.0268. The van der Waals surface area contributed by atoms with Gasteiger partial charge in [-0.1, -0.05) is 11.6 Å². The van der Waals surface area contributed by atoms with Crippen LogP contribution in [0, 0.1) is 5.41 Å². The quantitative estimate of drug-likeness (QED) is 0.287. The van der Waals surface area contributed by atoms with Crippen molar-refractivity contribution in [1.29, 1.82) is 5.41 Å². The van der Waals surface area contributed by atoms with Gasteiger partial charge in [-0.2, -0.15) is 0 Å². The molecule has 1 aromatic carbocycles. The fourth-order valence-electron chi connectivity index (χ4n) is 1.34.